The van der Waals surface area contributed by atoms with Crippen molar-refractivity contribution in [1.82, 2.24) is 14.6 Å². The Hall–Kier alpha value is -2.99. The molecule has 4 rings (SSSR count). The van der Waals surface area contributed by atoms with Crippen molar-refractivity contribution in [2.75, 3.05) is 6.61 Å². The van der Waals surface area contributed by atoms with Gasteiger partial charge in [0.1, 0.15) is 5.75 Å². The van der Waals surface area contributed by atoms with E-state index in [1.54, 1.807) is 0 Å². The highest BCUT2D eigenvalue weighted by molar-refractivity contribution is 7.15. The fraction of sp³-hybridized carbons (Fsp3) is 0.292. The normalized spacial score (nSPS) is 12.2. The van der Waals surface area contributed by atoms with Gasteiger partial charge in [-0.05, 0) is 53.8 Å². The van der Waals surface area contributed by atoms with Crippen molar-refractivity contribution in [2.45, 2.75) is 39.5 Å². The molecule has 0 bridgehead atoms. The first kappa shape index (κ1) is 20.3. The molecule has 0 fully saturated rings. The molecule has 0 N–H and O–H groups in total. The molecule has 30 heavy (non-hydrogen) atoms. The standard InChI is InChI=1S/C24H25N3O2S/c1-4-5-14-29-20-12-10-19(11-13-20)22-25-24-27(26-22)23(28)21(30-24)15-17-6-8-18(9-7-17)16(2)3/h6-13,15-16H,4-5,14H2,1-3H3/b21-15+. The molecule has 154 valence electrons. The highest BCUT2D eigenvalue weighted by Gasteiger charge is 2.12. The summed E-state index contributed by atoms with van der Waals surface area (Å²) in [6, 6.07) is 16.0. The Labute approximate surface area is 179 Å². The summed E-state index contributed by atoms with van der Waals surface area (Å²) in [5, 5.41) is 4.43. The van der Waals surface area contributed by atoms with Gasteiger partial charge in [-0.1, -0.05) is 62.8 Å². The summed E-state index contributed by atoms with van der Waals surface area (Å²) in [4.78, 5) is 17.9. The van der Waals surface area contributed by atoms with Gasteiger partial charge in [-0.25, -0.2) is 0 Å². The van der Waals surface area contributed by atoms with Crippen molar-refractivity contribution < 1.29 is 4.74 Å². The lowest BCUT2D eigenvalue weighted by molar-refractivity contribution is 0.309. The molecule has 0 unspecified atom stereocenters. The zero-order valence-corrected chi connectivity index (χ0v) is 18.3. The van der Waals surface area contributed by atoms with Crippen LogP contribution in [0.15, 0.2) is 53.3 Å². The van der Waals surface area contributed by atoms with Crippen LogP contribution in [0.2, 0.25) is 0 Å². The molecule has 2 heterocycles. The molecule has 0 amide bonds. The summed E-state index contributed by atoms with van der Waals surface area (Å²) in [5.41, 5.74) is 3.01. The SMILES string of the molecule is CCCCOc1ccc(-c2nc3s/c(=C/c4ccc(C(C)C)cc4)c(=O)n3n2)cc1. The topological polar surface area (TPSA) is 56.5 Å². The van der Waals surface area contributed by atoms with Gasteiger partial charge in [0.2, 0.25) is 4.96 Å². The van der Waals surface area contributed by atoms with Crippen LogP contribution < -0.4 is 14.8 Å². The lowest BCUT2D eigenvalue weighted by Crippen LogP contribution is -2.23. The van der Waals surface area contributed by atoms with Gasteiger partial charge in [0.25, 0.3) is 5.56 Å². The summed E-state index contributed by atoms with van der Waals surface area (Å²) >= 11 is 1.36. The molecule has 2 aromatic heterocycles. The van der Waals surface area contributed by atoms with E-state index in [1.165, 1.54) is 21.4 Å². The minimum Gasteiger partial charge on any atom is -0.494 e. The van der Waals surface area contributed by atoms with Crippen LogP contribution in [0, 0.1) is 0 Å². The third kappa shape index (κ3) is 4.28. The Morgan fingerprint density at radius 2 is 1.83 bits per heavy atom. The third-order valence-corrected chi connectivity index (χ3v) is 5.92. The Morgan fingerprint density at radius 1 is 1.10 bits per heavy atom. The van der Waals surface area contributed by atoms with E-state index in [1.807, 2.05) is 42.5 Å². The van der Waals surface area contributed by atoms with Crippen LogP contribution in [0.5, 0.6) is 5.75 Å². The second-order valence-corrected chi connectivity index (χ2v) is 8.60. The second kappa shape index (κ2) is 8.79. The zero-order valence-electron chi connectivity index (χ0n) is 17.5. The molecule has 0 atom stereocenters. The lowest BCUT2D eigenvalue weighted by Gasteiger charge is -2.05. The number of hydrogen-bond donors (Lipinski definition) is 0. The van der Waals surface area contributed by atoms with Crippen molar-refractivity contribution in [3.63, 3.8) is 0 Å². The van der Waals surface area contributed by atoms with Crippen LogP contribution in [0.4, 0.5) is 0 Å². The summed E-state index contributed by atoms with van der Waals surface area (Å²) in [7, 11) is 0. The maximum atomic E-state index is 12.8. The molecule has 2 aromatic carbocycles. The van der Waals surface area contributed by atoms with Crippen LogP contribution in [0.3, 0.4) is 0 Å². The Balaban J connectivity index is 1.58. The van der Waals surface area contributed by atoms with E-state index < -0.39 is 0 Å². The summed E-state index contributed by atoms with van der Waals surface area (Å²) < 4.78 is 7.72. The van der Waals surface area contributed by atoms with Crippen LogP contribution in [0.1, 0.15) is 50.7 Å². The average Bonchev–Trinajstić information content (AvgIpc) is 3.29. The van der Waals surface area contributed by atoms with E-state index in [4.69, 9.17) is 4.74 Å². The predicted octanol–water partition coefficient (Wildman–Crippen LogP) is 4.67. The number of hydrogen-bond acceptors (Lipinski definition) is 5. The molecule has 4 aromatic rings. The number of unbranched alkanes of at least 4 members (excludes halogenated alkanes) is 1. The molecule has 0 aliphatic rings. The van der Waals surface area contributed by atoms with Crippen molar-refractivity contribution in [2.24, 2.45) is 0 Å². The van der Waals surface area contributed by atoms with Crippen molar-refractivity contribution >= 4 is 22.4 Å². The predicted molar refractivity (Wildman–Crippen MR) is 122 cm³/mol. The first-order chi connectivity index (χ1) is 14.5. The number of fused-ring (bicyclic) bond motifs is 1. The highest BCUT2D eigenvalue weighted by Crippen LogP contribution is 2.21. The van der Waals surface area contributed by atoms with Gasteiger partial charge in [-0.2, -0.15) is 9.50 Å². The summed E-state index contributed by atoms with van der Waals surface area (Å²) in [6.07, 6.45) is 4.04. The monoisotopic (exact) mass is 419 g/mol. The lowest BCUT2D eigenvalue weighted by atomic mass is 10.0. The largest absolute Gasteiger partial charge is 0.494 e. The van der Waals surface area contributed by atoms with Crippen LogP contribution in [-0.4, -0.2) is 21.2 Å². The Kier molecular flexibility index (Phi) is 5.95. The minimum atomic E-state index is -0.138. The quantitative estimate of drug-likeness (QED) is 0.409. The van der Waals surface area contributed by atoms with Crippen molar-refractivity contribution in [3.05, 3.63) is 74.5 Å². The fourth-order valence-corrected chi connectivity index (χ4v) is 4.03. The van der Waals surface area contributed by atoms with Crippen LogP contribution in [0.25, 0.3) is 22.4 Å². The summed E-state index contributed by atoms with van der Waals surface area (Å²) in [6.45, 7) is 7.18. The van der Waals surface area contributed by atoms with E-state index in [0.29, 0.717) is 27.8 Å². The van der Waals surface area contributed by atoms with Gasteiger partial charge < -0.3 is 4.74 Å². The molecular formula is C24H25N3O2S. The average molecular weight is 420 g/mol. The van der Waals surface area contributed by atoms with E-state index in [-0.39, 0.29) is 5.56 Å². The van der Waals surface area contributed by atoms with E-state index in [0.717, 1.165) is 29.7 Å². The number of thiazole rings is 1. The van der Waals surface area contributed by atoms with Gasteiger partial charge in [0.05, 0.1) is 11.1 Å². The van der Waals surface area contributed by atoms with Gasteiger partial charge in [0.15, 0.2) is 5.82 Å². The van der Waals surface area contributed by atoms with Crippen molar-refractivity contribution in [3.8, 4) is 17.1 Å². The van der Waals surface area contributed by atoms with Crippen LogP contribution in [-0.2, 0) is 0 Å². The van der Waals surface area contributed by atoms with Gasteiger partial charge in [-0.3, -0.25) is 4.79 Å². The maximum absolute atomic E-state index is 12.8. The van der Waals surface area contributed by atoms with E-state index in [2.05, 4.69) is 43.0 Å². The summed E-state index contributed by atoms with van der Waals surface area (Å²) in [5.74, 6) is 1.86. The number of benzene rings is 2. The molecule has 0 saturated heterocycles. The minimum absolute atomic E-state index is 0.138. The number of rotatable bonds is 7. The molecule has 0 spiro atoms. The number of aromatic nitrogens is 3. The number of ether oxygens (including phenoxy) is 1. The second-order valence-electron chi connectivity index (χ2n) is 7.59. The molecular weight excluding hydrogens is 394 g/mol. The van der Waals surface area contributed by atoms with Gasteiger partial charge >= 0.3 is 0 Å². The smallest absolute Gasteiger partial charge is 0.291 e. The first-order valence-corrected chi connectivity index (χ1v) is 11.1. The van der Waals surface area contributed by atoms with Gasteiger partial charge in [-0.15, -0.1) is 5.10 Å². The fourth-order valence-electron chi connectivity index (χ4n) is 3.12. The third-order valence-electron chi connectivity index (χ3n) is 4.96. The first-order valence-electron chi connectivity index (χ1n) is 10.3. The maximum Gasteiger partial charge on any atom is 0.291 e. The van der Waals surface area contributed by atoms with Crippen molar-refractivity contribution in [1.29, 1.82) is 0 Å². The number of nitrogens with zero attached hydrogens (tertiary/aromatic N) is 3. The Morgan fingerprint density at radius 3 is 2.47 bits per heavy atom. The molecule has 0 saturated carbocycles. The van der Waals surface area contributed by atoms with E-state index >= 15 is 0 Å². The van der Waals surface area contributed by atoms with E-state index in [9.17, 15) is 4.79 Å². The molecule has 5 nitrogen and oxygen atoms in total. The Bertz CT molecular complexity index is 1240. The molecule has 0 aliphatic carbocycles. The highest BCUT2D eigenvalue weighted by atomic mass is 32.1. The van der Waals surface area contributed by atoms with Gasteiger partial charge in [0, 0.05) is 5.56 Å². The molecule has 0 radical (unpaired) electrons. The zero-order chi connectivity index (χ0) is 21.1. The molecule has 0 aliphatic heterocycles. The van der Waals surface area contributed by atoms with Crippen LogP contribution >= 0.6 is 11.3 Å². The molecule has 6 heteroatoms.